The van der Waals surface area contributed by atoms with Crippen LogP contribution in [0.3, 0.4) is 0 Å². The van der Waals surface area contributed by atoms with Gasteiger partial charge < -0.3 is 16.2 Å². The Kier molecular flexibility index (Phi) is 13.6. The number of anilines is 2. The summed E-state index contributed by atoms with van der Waals surface area (Å²) in [5.41, 5.74) is 10.3. The van der Waals surface area contributed by atoms with E-state index in [4.69, 9.17) is 10.8 Å². The molecule has 0 aliphatic rings. The SMILES string of the molecule is CC(C)C(=O)Nc1ccc(N=Nc2ccccc2)cc1.CC(C)C(=O)O.Nc1ccc(N=Nc2ccccc2)cc1. The van der Waals surface area contributed by atoms with Crippen molar-refractivity contribution < 1.29 is 14.7 Å². The van der Waals surface area contributed by atoms with Gasteiger partial charge in [-0.15, -0.1) is 0 Å². The van der Waals surface area contributed by atoms with E-state index in [-0.39, 0.29) is 17.7 Å². The number of hydrogen-bond donors (Lipinski definition) is 3. The number of nitrogens with two attached hydrogens (primary N) is 1. The number of nitrogens with zero attached hydrogens (tertiary/aromatic N) is 4. The lowest BCUT2D eigenvalue weighted by Crippen LogP contribution is -2.17. The molecule has 0 saturated carbocycles. The van der Waals surface area contributed by atoms with Crippen molar-refractivity contribution >= 4 is 46.0 Å². The van der Waals surface area contributed by atoms with Gasteiger partial charge in [0, 0.05) is 17.3 Å². The van der Waals surface area contributed by atoms with Crippen LogP contribution in [0.15, 0.2) is 130 Å². The summed E-state index contributed by atoms with van der Waals surface area (Å²) in [5, 5.41) is 27.3. The molecule has 0 spiro atoms. The molecular weight excluding hydrogens is 516 g/mol. The van der Waals surface area contributed by atoms with Crippen LogP contribution in [0.4, 0.5) is 34.1 Å². The van der Waals surface area contributed by atoms with Crippen LogP contribution in [0.1, 0.15) is 27.7 Å². The zero-order valence-electron chi connectivity index (χ0n) is 23.7. The van der Waals surface area contributed by atoms with Crippen molar-refractivity contribution in [2.24, 2.45) is 32.3 Å². The lowest BCUT2D eigenvalue weighted by atomic mass is 10.2. The topological polar surface area (TPSA) is 142 Å². The molecule has 0 bridgehead atoms. The minimum atomic E-state index is -0.741. The van der Waals surface area contributed by atoms with E-state index < -0.39 is 5.97 Å². The van der Waals surface area contributed by atoms with Crippen molar-refractivity contribution in [3.8, 4) is 0 Å². The predicted octanol–water partition coefficient (Wildman–Crippen LogP) is 9.11. The number of hydrogen-bond acceptors (Lipinski definition) is 7. The summed E-state index contributed by atoms with van der Waals surface area (Å²) in [6.07, 6.45) is 0. The van der Waals surface area contributed by atoms with Crippen molar-refractivity contribution in [3.05, 3.63) is 109 Å². The summed E-state index contributed by atoms with van der Waals surface area (Å²) in [4.78, 5) is 21.3. The standard InChI is InChI=1S/C16H17N3O.C12H11N3.C4H8O2/c1-12(2)16(20)17-13-8-10-15(11-9-13)19-18-14-6-4-3-5-7-14;13-10-6-8-12(9-7-10)15-14-11-4-2-1-3-5-11;1-3(2)4(5)6/h3-12H,1-2H3,(H,17,20);1-9H,13H2;3H,1-2H3,(H,5,6). The molecular formula is C32H36N6O3. The zero-order valence-corrected chi connectivity index (χ0v) is 23.7. The third-order valence-electron chi connectivity index (χ3n) is 5.12. The largest absolute Gasteiger partial charge is 0.481 e. The van der Waals surface area contributed by atoms with Gasteiger partial charge in [-0.2, -0.15) is 20.5 Å². The van der Waals surface area contributed by atoms with E-state index in [1.807, 2.05) is 111 Å². The minimum Gasteiger partial charge on any atom is -0.481 e. The number of aliphatic carboxylic acids is 1. The molecule has 0 fully saturated rings. The first-order valence-corrected chi connectivity index (χ1v) is 13.1. The quantitative estimate of drug-likeness (QED) is 0.155. The van der Waals surface area contributed by atoms with Gasteiger partial charge in [0.15, 0.2) is 0 Å². The van der Waals surface area contributed by atoms with Gasteiger partial charge in [0.1, 0.15) is 0 Å². The monoisotopic (exact) mass is 552 g/mol. The van der Waals surface area contributed by atoms with Crippen LogP contribution in [-0.4, -0.2) is 17.0 Å². The third-order valence-corrected chi connectivity index (χ3v) is 5.12. The van der Waals surface area contributed by atoms with Gasteiger partial charge in [-0.1, -0.05) is 64.1 Å². The van der Waals surface area contributed by atoms with Gasteiger partial charge in [-0.05, 0) is 72.8 Å². The van der Waals surface area contributed by atoms with Gasteiger partial charge in [-0.3, -0.25) is 9.59 Å². The summed E-state index contributed by atoms with van der Waals surface area (Å²) in [6.45, 7) is 7.00. The molecule has 0 heterocycles. The summed E-state index contributed by atoms with van der Waals surface area (Å²) >= 11 is 0. The number of rotatable bonds is 7. The van der Waals surface area contributed by atoms with E-state index in [2.05, 4.69) is 25.8 Å². The Morgan fingerprint density at radius 3 is 1.27 bits per heavy atom. The second-order valence-electron chi connectivity index (χ2n) is 9.35. The molecule has 9 heteroatoms. The lowest BCUT2D eigenvalue weighted by molar-refractivity contribution is -0.140. The highest BCUT2D eigenvalue weighted by atomic mass is 16.4. The number of azo groups is 2. The normalized spacial score (nSPS) is 10.6. The van der Waals surface area contributed by atoms with Gasteiger partial charge in [-0.25, -0.2) is 0 Å². The molecule has 1 amide bonds. The highest BCUT2D eigenvalue weighted by Crippen LogP contribution is 2.21. The minimum absolute atomic E-state index is 0.00339. The van der Waals surface area contributed by atoms with Crippen molar-refractivity contribution in [3.63, 3.8) is 0 Å². The maximum Gasteiger partial charge on any atom is 0.305 e. The highest BCUT2D eigenvalue weighted by Gasteiger charge is 2.06. The van der Waals surface area contributed by atoms with Gasteiger partial charge in [0.05, 0.1) is 28.7 Å². The fraction of sp³-hybridized carbons (Fsp3) is 0.188. The molecule has 0 aliphatic carbocycles. The van der Waals surface area contributed by atoms with Crippen LogP contribution in [0.2, 0.25) is 0 Å². The average molecular weight is 553 g/mol. The number of amides is 1. The molecule has 9 nitrogen and oxygen atoms in total. The van der Waals surface area contributed by atoms with E-state index in [1.165, 1.54) is 0 Å². The molecule has 0 unspecified atom stereocenters. The zero-order chi connectivity index (χ0) is 30.0. The Morgan fingerprint density at radius 2 is 0.927 bits per heavy atom. The first kappa shape index (κ1) is 32.0. The van der Waals surface area contributed by atoms with E-state index in [1.54, 1.807) is 26.0 Å². The second-order valence-corrected chi connectivity index (χ2v) is 9.35. The van der Waals surface area contributed by atoms with Gasteiger partial charge in [0.25, 0.3) is 0 Å². The molecule has 41 heavy (non-hydrogen) atoms. The smallest absolute Gasteiger partial charge is 0.305 e. The number of carboxylic acid groups (broad SMARTS) is 1. The molecule has 0 radical (unpaired) electrons. The Labute approximate surface area is 240 Å². The number of carboxylic acids is 1. The van der Waals surface area contributed by atoms with Gasteiger partial charge in [0.2, 0.25) is 5.91 Å². The number of nitrogen functional groups attached to an aromatic ring is 1. The first-order valence-electron chi connectivity index (χ1n) is 13.1. The molecule has 4 aromatic carbocycles. The van der Waals surface area contributed by atoms with E-state index in [0.717, 1.165) is 34.1 Å². The lowest BCUT2D eigenvalue weighted by Gasteiger charge is -2.07. The average Bonchev–Trinajstić information content (AvgIpc) is 2.98. The molecule has 212 valence electrons. The fourth-order valence-electron chi connectivity index (χ4n) is 2.66. The number of carbonyl (C=O) groups is 2. The van der Waals surface area contributed by atoms with Crippen LogP contribution in [0.5, 0.6) is 0 Å². The molecule has 0 aliphatic heterocycles. The van der Waals surface area contributed by atoms with E-state index >= 15 is 0 Å². The van der Waals surface area contributed by atoms with E-state index in [0.29, 0.717) is 0 Å². The van der Waals surface area contributed by atoms with Crippen LogP contribution in [0.25, 0.3) is 0 Å². The Hall–Kier alpha value is -5.18. The van der Waals surface area contributed by atoms with E-state index in [9.17, 15) is 9.59 Å². The van der Waals surface area contributed by atoms with Crippen LogP contribution in [0, 0.1) is 11.8 Å². The number of carbonyl (C=O) groups excluding carboxylic acids is 1. The van der Waals surface area contributed by atoms with Crippen molar-refractivity contribution in [1.82, 2.24) is 0 Å². The molecule has 4 N–H and O–H groups in total. The fourth-order valence-corrected chi connectivity index (χ4v) is 2.66. The summed E-state index contributed by atoms with van der Waals surface area (Å²) in [6, 6.07) is 33.7. The predicted molar refractivity (Wildman–Crippen MR) is 164 cm³/mol. The Morgan fingerprint density at radius 1 is 0.585 bits per heavy atom. The molecule has 0 saturated heterocycles. The molecule has 0 aromatic heterocycles. The Bertz CT molecular complexity index is 1390. The third kappa shape index (κ3) is 13.4. The summed E-state index contributed by atoms with van der Waals surface area (Å²) < 4.78 is 0. The summed E-state index contributed by atoms with van der Waals surface area (Å²) in [7, 11) is 0. The molecule has 0 atom stereocenters. The van der Waals surface area contributed by atoms with Crippen molar-refractivity contribution in [2.75, 3.05) is 11.1 Å². The maximum absolute atomic E-state index is 11.6. The van der Waals surface area contributed by atoms with Crippen LogP contribution in [-0.2, 0) is 9.59 Å². The van der Waals surface area contributed by atoms with Crippen molar-refractivity contribution in [1.29, 1.82) is 0 Å². The van der Waals surface area contributed by atoms with Crippen molar-refractivity contribution in [2.45, 2.75) is 27.7 Å². The Balaban J connectivity index is 0.000000246. The number of nitrogens with one attached hydrogen (secondary N) is 1. The number of benzene rings is 4. The summed E-state index contributed by atoms with van der Waals surface area (Å²) in [5.74, 6) is -1.00. The molecule has 4 rings (SSSR count). The first-order chi connectivity index (χ1) is 19.6. The van der Waals surface area contributed by atoms with Crippen LogP contribution >= 0.6 is 0 Å². The second kappa shape index (κ2) is 17.4. The maximum atomic E-state index is 11.6. The highest BCUT2D eigenvalue weighted by molar-refractivity contribution is 5.92. The molecule has 4 aromatic rings. The van der Waals surface area contributed by atoms with Gasteiger partial charge >= 0.3 is 5.97 Å². The van der Waals surface area contributed by atoms with Crippen LogP contribution < -0.4 is 11.1 Å².